The fraction of sp³-hybridized carbons (Fsp3) is 0.333. The zero-order valence-corrected chi connectivity index (χ0v) is 10.1. The molecule has 0 spiro atoms. The molecule has 0 aliphatic carbocycles. The SMILES string of the molecule is CCCNC(c1ccnnc1)c1cccs1. The van der Waals surface area contributed by atoms with Gasteiger partial charge in [0.15, 0.2) is 0 Å². The Balaban J connectivity index is 2.21. The molecule has 1 atom stereocenters. The fourth-order valence-electron chi connectivity index (χ4n) is 1.60. The Morgan fingerprint density at radius 3 is 2.94 bits per heavy atom. The van der Waals surface area contributed by atoms with Crippen molar-refractivity contribution in [3.05, 3.63) is 46.4 Å². The minimum Gasteiger partial charge on any atom is -0.306 e. The predicted octanol–water partition coefficient (Wildman–Crippen LogP) is 2.63. The van der Waals surface area contributed by atoms with Gasteiger partial charge < -0.3 is 5.32 Å². The van der Waals surface area contributed by atoms with Crippen LogP contribution in [0.15, 0.2) is 36.0 Å². The molecule has 0 bridgehead atoms. The molecule has 2 rings (SSSR count). The van der Waals surface area contributed by atoms with E-state index in [-0.39, 0.29) is 6.04 Å². The monoisotopic (exact) mass is 233 g/mol. The van der Waals surface area contributed by atoms with Gasteiger partial charge in [0.05, 0.1) is 12.2 Å². The Hall–Kier alpha value is -1.26. The lowest BCUT2D eigenvalue weighted by Crippen LogP contribution is -2.22. The van der Waals surface area contributed by atoms with Gasteiger partial charge in [0.1, 0.15) is 0 Å². The second-order valence-electron chi connectivity index (χ2n) is 3.58. The highest BCUT2D eigenvalue weighted by Crippen LogP contribution is 2.24. The van der Waals surface area contributed by atoms with E-state index in [1.807, 2.05) is 12.3 Å². The van der Waals surface area contributed by atoms with Crippen molar-refractivity contribution in [3.63, 3.8) is 0 Å². The number of nitrogens with zero attached hydrogens (tertiary/aromatic N) is 2. The van der Waals surface area contributed by atoms with Crippen LogP contribution < -0.4 is 5.32 Å². The molecule has 0 saturated heterocycles. The molecule has 0 aromatic carbocycles. The second-order valence-corrected chi connectivity index (χ2v) is 4.56. The van der Waals surface area contributed by atoms with E-state index >= 15 is 0 Å². The molecule has 2 aromatic heterocycles. The van der Waals surface area contributed by atoms with Crippen LogP contribution in [0.25, 0.3) is 0 Å². The standard InChI is InChI=1S/C12H15N3S/c1-2-6-13-12(11-4-3-8-16-11)10-5-7-14-15-9-10/h3-5,7-9,12-13H,2,6H2,1H3. The Morgan fingerprint density at radius 2 is 2.31 bits per heavy atom. The lowest BCUT2D eigenvalue weighted by molar-refractivity contribution is 0.602. The van der Waals surface area contributed by atoms with Gasteiger partial charge in [0, 0.05) is 11.1 Å². The van der Waals surface area contributed by atoms with Gasteiger partial charge in [-0.2, -0.15) is 10.2 Å². The van der Waals surface area contributed by atoms with Crippen LogP contribution >= 0.6 is 11.3 Å². The summed E-state index contributed by atoms with van der Waals surface area (Å²) in [6.45, 7) is 3.17. The van der Waals surface area contributed by atoms with E-state index in [0.29, 0.717) is 0 Å². The molecule has 16 heavy (non-hydrogen) atoms. The normalized spacial score (nSPS) is 12.6. The molecule has 0 aliphatic heterocycles. The van der Waals surface area contributed by atoms with Gasteiger partial charge >= 0.3 is 0 Å². The van der Waals surface area contributed by atoms with Crippen LogP contribution in [-0.4, -0.2) is 16.7 Å². The van der Waals surface area contributed by atoms with E-state index in [1.165, 1.54) is 10.4 Å². The molecule has 3 nitrogen and oxygen atoms in total. The lowest BCUT2D eigenvalue weighted by Gasteiger charge is -2.16. The summed E-state index contributed by atoms with van der Waals surface area (Å²) in [5.74, 6) is 0. The van der Waals surface area contributed by atoms with Crippen LogP contribution in [0.5, 0.6) is 0 Å². The highest BCUT2D eigenvalue weighted by atomic mass is 32.1. The van der Waals surface area contributed by atoms with Crippen molar-refractivity contribution >= 4 is 11.3 Å². The van der Waals surface area contributed by atoms with Gasteiger partial charge in [0.2, 0.25) is 0 Å². The van der Waals surface area contributed by atoms with E-state index in [2.05, 4.69) is 40.0 Å². The van der Waals surface area contributed by atoms with Crippen molar-refractivity contribution in [3.8, 4) is 0 Å². The first-order chi connectivity index (χ1) is 7.92. The number of hydrogen-bond donors (Lipinski definition) is 1. The number of hydrogen-bond acceptors (Lipinski definition) is 4. The number of aromatic nitrogens is 2. The Labute approximate surface area is 99.5 Å². The van der Waals surface area contributed by atoms with Crippen LogP contribution in [0.3, 0.4) is 0 Å². The summed E-state index contributed by atoms with van der Waals surface area (Å²) >= 11 is 1.77. The summed E-state index contributed by atoms with van der Waals surface area (Å²) in [6, 6.07) is 6.49. The molecule has 1 unspecified atom stereocenters. The van der Waals surface area contributed by atoms with Crippen molar-refractivity contribution in [2.75, 3.05) is 6.54 Å². The van der Waals surface area contributed by atoms with Gasteiger partial charge in [-0.15, -0.1) is 11.3 Å². The number of rotatable bonds is 5. The number of nitrogens with one attached hydrogen (secondary N) is 1. The maximum Gasteiger partial charge on any atom is 0.0687 e. The smallest absolute Gasteiger partial charge is 0.0687 e. The molecule has 2 heterocycles. The highest BCUT2D eigenvalue weighted by Gasteiger charge is 2.13. The molecule has 0 amide bonds. The third-order valence-corrected chi connectivity index (χ3v) is 3.30. The van der Waals surface area contributed by atoms with Crippen LogP contribution in [-0.2, 0) is 0 Å². The van der Waals surface area contributed by atoms with E-state index in [1.54, 1.807) is 17.5 Å². The maximum absolute atomic E-state index is 3.94. The van der Waals surface area contributed by atoms with Gasteiger partial charge in [-0.3, -0.25) is 0 Å². The first-order valence-corrected chi connectivity index (χ1v) is 6.33. The molecule has 2 aromatic rings. The quantitative estimate of drug-likeness (QED) is 0.862. The van der Waals surface area contributed by atoms with Crippen LogP contribution in [0.4, 0.5) is 0 Å². The van der Waals surface area contributed by atoms with Crippen molar-refractivity contribution in [1.29, 1.82) is 0 Å². The summed E-state index contributed by atoms with van der Waals surface area (Å²) < 4.78 is 0. The minimum atomic E-state index is 0.246. The van der Waals surface area contributed by atoms with Crippen molar-refractivity contribution < 1.29 is 0 Å². The van der Waals surface area contributed by atoms with Gasteiger partial charge in [-0.25, -0.2) is 0 Å². The average Bonchev–Trinajstić information content (AvgIpc) is 2.85. The Morgan fingerprint density at radius 1 is 1.38 bits per heavy atom. The maximum atomic E-state index is 3.94. The summed E-state index contributed by atoms with van der Waals surface area (Å²) in [5, 5.41) is 13.4. The predicted molar refractivity (Wildman–Crippen MR) is 66.5 cm³/mol. The van der Waals surface area contributed by atoms with Crippen molar-refractivity contribution in [1.82, 2.24) is 15.5 Å². The largest absolute Gasteiger partial charge is 0.306 e. The molecule has 0 saturated carbocycles. The first kappa shape index (κ1) is 11.2. The summed E-state index contributed by atoms with van der Waals surface area (Å²) in [7, 11) is 0. The third-order valence-electron chi connectivity index (χ3n) is 2.37. The van der Waals surface area contributed by atoms with Crippen molar-refractivity contribution in [2.45, 2.75) is 19.4 Å². The lowest BCUT2D eigenvalue weighted by atomic mass is 10.1. The van der Waals surface area contributed by atoms with Gasteiger partial charge in [0.25, 0.3) is 0 Å². The van der Waals surface area contributed by atoms with E-state index in [4.69, 9.17) is 0 Å². The average molecular weight is 233 g/mol. The molecule has 0 radical (unpaired) electrons. The van der Waals surface area contributed by atoms with Crippen LogP contribution in [0, 0.1) is 0 Å². The summed E-state index contributed by atoms with van der Waals surface area (Å²) in [5.41, 5.74) is 1.17. The van der Waals surface area contributed by atoms with E-state index < -0.39 is 0 Å². The van der Waals surface area contributed by atoms with Crippen LogP contribution in [0.1, 0.15) is 29.8 Å². The van der Waals surface area contributed by atoms with Gasteiger partial charge in [-0.05, 0) is 36.0 Å². The van der Waals surface area contributed by atoms with Crippen molar-refractivity contribution in [2.24, 2.45) is 0 Å². The zero-order chi connectivity index (χ0) is 11.2. The van der Waals surface area contributed by atoms with E-state index in [9.17, 15) is 0 Å². The Bertz CT molecular complexity index is 399. The van der Waals surface area contributed by atoms with Crippen LogP contribution in [0.2, 0.25) is 0 Å². The zero-order valence-electron chi connectivity index (χ0n) is 9.26. The first-order valence-electron chi connectivity index (χ1n) is 5.45. The summed E-state index contributed by atoms with van der Waals surface area (Å²) in [6.07, 6.45) is 4.69. The molecule has 0 aliphatic rings. The molecule has 1 N–H and O–H groups in total. The highest BCUT2D eigenvalue weighted by molar-refractivity contribution is 7.10. The minimum absolute atomic E-state index is 0.246. The van der Waals surface area contributed by atoms with E-state index in [0.717, 1.165) is 13.0 Å². The molecule has 4 heteroatoms. The molecular weight excluding hydrogens is 218 g/mol. The van der Waals surface area contributed by atoms with Gasteiger partial charge in [-0.1, -0.05) is 13.0 Å². The second kappa shape index (κ2) is 5.72. The fourth-order valence-corrected chi connectivity index (χ4v) is 2.43. The molecule has 0 fully saturated rings. The number of thiophene rings is 1. The molecule has 84 valence electrons. The topological polar surface area (TPSA) is 37.8 Å². The summed E-state index contributed by atoms with van der Waals surface area (Å²) in [4.78, 5) is 1.32. The Kier molecular flexibility index (Phi) is 4.02. The third kappa shape index (κ3) is 2.65. The molecular formula is C12H15N3S.